The fourth-order valence-corrected chi connectivity index (χ4v) is 1.87. The SMILES string of the molecule is Cc1ccc(C(=O)Nc2cccc(F)c2C(=O)O)n1C. The Bertz CT molecular complexity index is 692. The number of aryl methyl sites for hydroxylation is 1. The maximum Gasteiger partial charge on any atom is 0.340 e. The number of amides is 1. The third-order valence-corrected chi connectivity index (χ3v) is 3.08. The number of hydrogen-bond donors (Lipinski definition) is 2. The molecule has 1 aromatic heterocycles. The summed E-state index contributed by atoms with van der Waals surface area (Å²) < 4.78 is 15.2. The minimum atomic E-state index is -1.43. The minimum absolute atomic E-state index is 0.0682. The fourth-order valence-electron chi connectivity index (χ4n) is 1.87. The minimum Gasteiger partial charge on any atom is -0.478 e. The summed E-state index contributed by atoms with van der Waals surface area (Å²) in [5, 5.41) is 11.4. The molecule has 0 bridgehead atoms. The van der Waals surface area contributed by atoms with Gasteiger partial charge in [0.2, 0.25) is 0 Å². The van der Waals surface area contributed by atoms with E-state index in [9.17, 15) is 14.0 Å². The third kappa shape index (κ3) is 2.40. The number of carbonyl (C=O) groups excluding carboxylic acids is 1. The molecule has 1 amide bonds. The van der Waals surface area contributed by atoms with Gasteiger partial charge >= 0.3 is 5.97 Å². The van der Waals surface area contributed by atoms with Crippen molar-refractivity contribution in [2.24, 2.45) is 7.05 Å². The highest BCUT2D eigenvalue weighted by Crippen LogP contribution is 2.20. The molecule has 6 heteroatoms. The molecule has 0 spiro atoms. The second-order valence-electron chi connectivity index (χ2n) is 4.34. The Balaban J connectivity index is 2.36. The molecular weight excluding hydrogens is 263 g/mol. The van der Waals surface area contributed by atoms with Crippen molar-refractivity contribution < 1.29 is 19.1 Å². The monoisotopic (exact) mass is 276 g/mol. The van der Waals surface area contributed by atoms with Gasteiger partial charge in [-0.3, -0.25) is 4.79 Å². The summed E-state index contributed by atoms with van der Waals surface area (Å²) in [6, 6.07) is 7.10. The summed E-state index contributed by atoms with van der Waals surface area (Å²) in [6.07, 6.45) is 0. The molecule has 1 heterocycles. The molecule has 20 heavy (non-hydrogen) atoms. The molecule has 2 aromatic rings. The average molecular weight is 276 g/mol. The number of carboxylic acids is 1. The molecule has 2 rings (SSSR count). The standard InChI is InChI=1S/C14H13FN2O3/c1-8-6-7-11(17(8)2)13(18)16-10-5-3-4-9(15)12(10)14(19)20/h3-7H,1-2H3,(H,16,18)(H,19,20). The molecule has 104 valence electrons. The van der Waals surface area contributed by atoms with Crippen LogP contribution in [-0.2, 0) is 7.05 Å². The number of hydrogen-bond acceptors (Lipinski definition) is 2. The third-order valence-electron chi connectivity index (χ3n) is 3.08. The highest BCUT2D eigenvalue weighted by Gasteiger charge is 2.19. The molecule has 1 aromatic carbocycles. The van der Waals surface area contributed by atoms with Gasteiger partial charge in [-0.25, -0.2) is 9.18 Å². The summed E-state index contributed by atoms with van der Waals surface area (Å²) in [6.45, 7) is 1.83. The van der Waals surface area contributed by atoms with Crippen LogP contribution in [0.5, 0.6) is 0 Å². The molecule has 0 fully saturated rings. The van der Waals surface area contributed by atoms with Crippen LogP contribution in [0.1, 0.15) is 26.5 Å². The van der Waals surface area contributed by atoms with Crippen LogP contribution >= 0.6 is 0 Å². The molecule has 5 nitrogen and oxygen atoms in total. The molecule has 0 saturated heterocycles. The first-order valence-corrected chi connectivity index (χ1v) is 5.87. The van der Waals surface area contributed by atoms with Crippen molar-refractivity contribution in [2.45, 2.75) is 6.92 Å². The van der Waals surface area contributed by atoms with Crippen LogP contribution < -0.4 is 5.32 Å². The zero-order chi connectivity index (χ0) is 14.9. The van der Waals surface area contributed by atoms with E-state index in [-0.39, 0.29) is 5.69 Å². The van der Waals surface area contributed by atoms with Crippen molar-refractivity contribution in [3.05, 3.63) is 53.1 Å². The van der Waals surface area contributed by atoms with E-state index in [0.717, 1.165) is 11.8 Å². The summed E-state index contributed by atoms with van der Waals surface area (Å²) in [5.74, 6) is -2.81. The number of aromatic carboxylic acids is 1. The Morgan fingerprint density at radius 1 is 1.25 bits per heavy atom. The number of nitrogens with zero attached hydrogens (tertiary/aromatic N) is 1. The number of halogens is 1. The van der Waals surface area contributed by atoms with Crippen LogP contribution in [0.4, 0.5) is 10.1 Å². The van der Waals surface area contributed by atoms with E-state index in [0.29, 0.717) is 5.69 Å². The van der Waals surface area contributed by atoms with E-state index in [1.54, 1.807) is 23.7 Å². The molecule has 0 aliphatic carbocycles. The van der Waals surface area contributed by atoms with Crippen LogP contribution in [0.15, 0.2) is 30.3 Å². The highest BCUT2D eigenvalue weighted by atomic mass is 19.1. The molecule has 0 saturated carbocycles. The first kappa shape index (κ1) is 13.8. The second-order valence-corrected chi connectivity index (χ2v) is 4.34. The molecule has 0 unspecified atom stereocenters. The number of aromatic nitrogens is 1. The molecule has 0 aliphatic heterocycles. The molecule has 2 N–H and O–H groups in total. The lowest BCUT2D eigenvalue weighted by Gasteiger charge is -2.10. The molecule has 0 radical (unpaired) electrons. The second kappa shape index (κ2) is 5.16. The number of carbonyl (C=O) groups is 2. The van der Waals surface area contributed by atoms with E-state index < -0.39 is 23.3 Å². The van der Waals surface area contributed by atoms with Crippen molar-refractivity contribution in [1.29, 1.82) is 0 Å². The van der Waals surface area contributed by atoms with Gasteiger partial charge in [-0.15, -0.1) is 0 Å². The lowest BCUT2D eigenvalue weighted by molar-refractivity contribution is 0.0693. The summed E-state index contributed by atoms with van der Waals surface area (Å²) >= 11 is 0. The van der Waals surface area contributed by atoms with Gasteiger partial charge in [-0.05, 0) is 31.2 Å². The first-order valence-electron chi connectivity index (χ1n) is 5.87. The Hall–Kier alpha value is -2.63. The molecule has 0 aliphatic rings. The average Bonchev–Trinajstić information content (AvgIpc) is 2.69. The van der Waals surface area contributed by atoms with Gasteiger partial charge in [0.25, 0.3) is 5.91 Å². The van der Waals surface area contributed by atoms with E-state index in [1.807, 2.05) is 6.92 Å². The van der Waals surface area contributed by atoms with Crippen LogP contribution in [0.2, 0.25) is 0 Å². The van der Waals surface area contributed by atoms with Crippen LogP contribution in [0.3, 0.4) is 0 Å². The quantitative estimate of drug-likeness (QED) is 0.904. The highest BCUT2D eigenvalue weighted by molar-refractivity contribution is 6.07. The lowest BCUT2D eigenvalue weighted by atomic mass is 10.1. The van der Waals surface area contributed by atoms with Gasteiger partial charge in [0.05, 0.1) is 5.69 Å². The van der Waals surface area contributed by atoms with Crippen molar-refractivity contribution >= 4 is 17.6 Å². The van der Waals surface area contributed by atoms with Gasteiger partial charge in [-0.1, -0.05) is 6.07 Å². The number of carboxylic acid groups (broad SMARTS) is 1. The predicted molar refractivity (Wildman–Crippen MR) is 71.5 cm³/mol. The van der Waals surface area contributed by atoms with Gasteiger partial charge in [0, 0.05) is 12.7 Å². The van der Waals surface area contributed by atoms with Crippen molar-refractivity contribution in [3.63, 3.8) is 0 Å². The smallest absolute Gasteiger partial charge is 0.340 e. The summed E-state index contributed by atoms with van der Waals surface area (Å²) in [4.78, 5) is 23.1. The fraction of sp³-hybridized carbons (Fsp3) is 0.143. The van der Waals surface area contributed by atoms with E-state index in [1.165, 1.54) is 12.1 Å². The van der Waals surface area contributed by atoms with Crippen molar-refractivity contribution in [2.75, 3.05) is 5.32 Å². The normalized spacial score (nSPS) is 10.3. The van der Waals surface area contributed by atoms with Gasteiger partial charge in [0.1, 0.15) is 17.1 Å². The van der Waals surface area contributed by atoms with Crippen molar-refractivity contribution in [1.82, 2.24) is 4.57 Å². The van der Waals surface area contributed by atoms with Crippen LogP contribution in [-0.4, -0.2) is 21.6 Å². The number of anilines is 1. The largest absolute Gasteiger partial charge is 0.478 e. The Kier molecular flexibility index (Phi) is 3.56. The van der Waals surface area contributed by atoms with Crippen LogP contribution in [0, 0.1) is 12.7 Å². The number of nitrogens with one attached hydrogen (secondary N) is 1. The predicted octanol–water partition coefficient (Wildman–Crippen LogP) is 2.42. The zero-order valence-corrected chi connectivity index (χ0v) is 11.0. The zero-order valence-electron chi connectivity index (χ0n) is 11.0. The van der Waals surface area contributed by atoms with Gasteiger partial charge in [0.15, 0.2) is 0 Å². The maximum absolute atomic E-state index is 13.5. The van der Waals surface area contributed by atoms with Crippen molar-refractivity contribution in [3.8, 4) is 0 Å². The first-order chi connectivity index (χ1) is 9.41. The molecule has 0 atom stereocenters. The van der Waals surface area contributed by atoms with Gasteiger partial charge < -0.3 is 15.0 Å². The Labute approximate surface area is 114 Å². The Morgan fingerprint density at radius 3 is 2.50 bits per heavy atom. The lowest BCUT2D eigenvalue weighted by Crippen LogP contribution is -2.18. The Morgan fingerprint density at radius 2 is 1.95 bits per heavy atom. The maximum atomic E-state index is 13.5. The van der Waals surface area contributed by atoms with E-state index >= 15 is 0 Å². The van der Waals surface area contributed by atoms with Crippen LogP contribution in [0.25, 0.3) is 0 Å². The van der Waals surface area contributed by atoms with Gasteiger partial charge in [-0.2, -0.15) is 0 Å². The molecular formula is C14H13FN2O3. The van der Waals surface area contributed by atoms with E-state index in [4.69, 9.17) is 5.11 Å². The number of benzene rings is 1. The summed E-state index contributed by atoms with van der Waals surface area (Å²) in [7, 11) is 1.72. The van der Waals surface area contributed by atoms with E-state index in [2.05, 4.69) is 5.32 Å². The topological polar surface area (TPSA) is 71.3 Å². The summed E-state index contributed by atoms with van der Waals surface area (Å²) in [5.41, 5.74) is 0.629. The number of rotatable bonds is 3.